The molecule has 0 amide bonds. The Morgan fingerprint density at radius 1 is 1.06 bits per heavy atom. The van der Waals surface area contributed by atoms with Gasteiger partial charge in [-0.05, 0) is 29.2 Å². The minimum atomic E-state index is 0.0378. The van der Waals surface area contributed by atoms with Crippen molar-refractivity contribution in [2.45, 2.75) is 18.9 Å². The highest BCUT2D eigenvalue weighted by atomic mass is 16.3. The molecule has 2 nitrogen and oxygen atoms in total. The zero-order valence-electron chi connectivity index (χ0n) is 9.26. The van der Waals surface area contributed by atoms with Crippen molar-refractivity contribution in [3.05, 3.63) is 48.0 Å². The smallest absolute Gasteiger partial charge is 0.0445 e. The summed E-state index contributed by atoms with van der Waals surface area (Å²) in [5, 5.41) is 11.4. The van der Waals surface area contributed by atoms with Gasteiger partial charge >= 0.3 is 0 Å². The summed E-state index contributed by atoms with van der Waals surface area (Å²) in [6.45, 7) is 0.159. The van der Waals surface area contributed by atoms with Crippen LogP contribution in [-0.2, 0) is 6.42 Å². The minimum Gasteiger partial charge on any atom is -0.396 e. The molecule has 16 heavy (non-hydrogen) atoms. The van der Waals surface area contributed by atoms with Crippen molar-refractivity contribution in [2.75, 3.05) is 6.61 Å². The minimum absolute atomic E-state index is 0.0378. The molecule has 1 atom stereocenters. The fraction of sp³-hybridized carbons (Fsp3) is 0.286. The number of aliphatic hydroxyl groups is 1. The predicted octanol–water partition coefficient (Wildman–Crippen LogP) is 2.09. The quantitative estimate of drug-likeness (QED) is 0.820. The molecule has 3 N–H and O–H groups in total. The normalized spacial score (nSPS) is 12.9. The van der Waals surface area contributed by atoms with Crippen LogP contribution in [0.4, 0.5) is 0 Å². The first-order chi connectivity index (χ1) is 7.81. The van der Waals surface area contributed by atoms with Crippen molar-refractivity contribution in [2.24, 2.45) is 5.73 Å². The van der Waals surface area contributed by atoms with E-state index in [0.29, 0.717) is 6.42 Å². The Morgan fingerprint density at radius 2 is 1.81 bits per heavy atom. The third-order valence-electron chi connectivity index (χ3n) is 2.86. The molecule has 0 aromatic heterocycles. The van der Waals surface area contributed by atoms with Gasteiger partial charge in [-0.2, -0.15) is 0 Å². The van der Waals surface area contributed by atoms with E-state index in [1.165, 1.54) is 16.3 Å². The monoisotopic (exact) mass is 215 g/mol. The SMILES string of the molecule is N[C@@H](CCO)Cc1cccc2ccccc12. The lowest BCUT2D eigenvalue weighted by Gasteiger charge is -2.12. The van der Waals surface area contributed by atoms with Gasteiger partial charge in [-0.15, -0.1) is 0 Å². The molecule has 2 heteroatoms. The van der Waals surface area contributed by atoms with Crippen LogP contribution in [0.25, 0.3) is 10.8 Å². The third kappa shape index (κ3) is 2.40. The molecule has 0 unspecified atom stereocenters. The summed E-state index contributed by atoms with van der Waals surface area (Å²) in [5.41, 5.74) is 7.21. The van der Waals surface area contributed by atoms with Gasteiger partial charge in [0.15, 0.2) is 0 Å². The van der Waals surface area contributed by atoms with Crippen LogP contribution >= 0.6 is 0 Å². The zero-order chi connectivity index (χ0) is 11.4. The van der Waals surface area contributed by atoms with Gasteiger partial charge in [0.25, 0.3) is 0 Å². The van der Waals surface area contributed by atoms with Crippen LogP contribution in [0, 0.1) is 0 Å². The Hall–Kier alpha value is -1.38. The first-order valence-corrected chi connectivity index (χ1v) is 5.64. The number of nitrogens with two attached hydrogens (primary N) is 1. The van der Waals surface area contributed by atoms with Crippen molar-refractivity contribution >= 4 is 10.8 Å². The number of hydrogen-bond acceptors (Lipinski definition) is 2. The van der Waals surface area contributed by atoms with Crippen molar-refractivity contribution < 1.29 is 5.11 Å². The van der Waals surface area contributed by atoms with E-state index in [-0.39, 0.29) is 12.6 Å². The fourth-order valence-electron chi connectivity index (χ4n) is 2.02. The van der Waals surface area contributed by atoms with Crippen LogP contribution in [0.2, 0.25) is 0 Å². The van der Waals surface area contributed by atoms with Crippen molar-refractivity contribution in [1.82, 2.24) is 0 Å². The molecule has 0 bridgehead atoms. The molecule has 2 rings (SSSR count). The van der Waals surface area contributed by atoms with E-state index in [1.54, 1.807) is 0 Å². The maximum Gasteiger partial charge on any atom is 0.0445 e. The van der Waals surface area contributed by atoms with E-state index in [0.717, 1.165) is 6.42 Å². The molecule has 2 aromatic rings. The average molecular weight is 215 g/mol. The summed E-state index contributed by atoms with van der Waals surface area (Å²) in [6, 6.07) is 14.6. The second-order valence-electron chi connectivity index (χ2n) is 4.11. The Kier molecular flexibility index (Phi) is 3.54. The molecule has 0 aliphatic carbocycles. The lowest BCUT2D eigenvalue weighted by atomic mass is 9.98. The maximum atomic E-state index is 8.85. The molecule has 0 aliphatic heterocycles. The highest BCUT2D eigenvalue weighted by Gasteiger charge is 2.06. The van der Waals surface area contributed by atoms with Crippen LogP contribution in [0.15, 0.2) is 42.5 Å². The number of benzene rings is 2. The fourth-order valence-corrected chi connectivity index (χ4v) is 2.02. The summed E-state index contributed by atoms with van der Waals surface area (Å²) in [5.74, 6) is 0. The molecule has 0 aliphatic rings. The van der Waals surface area contributed by atoms with Gasteiger partial charge in [-0.3, -0.25) is 0 Å². The molecule has 0 radical (unpaired) electrons. The molecule has 0 heterocycles. The van der Waals surface area contributed by atoms with E-state index >= 15 is 0 Å². The van der Waals surface area contributed by atoms with Gasteiger partial charge in [-0.25, -0.2) is 0 Å². The molecular formula is C14H17NO. The van der Waals surface area contributed by atoms with Crippen molar-refractivity contribution in [1.29, 1.82) is 0 Å². The topological polar surface area (TPSA) is 46.2 Å². The molecule has 0 spiro atoms. The first kappa shape index (κ1) is 11.1. The Balaban J connectivity index is 2.30. The highest BCUT2D eigenvalue weighted by molar-refractivity contribution is 5.85. The van der Waals surface area contributed by atoms with E-state index in [4.69, 9.17) is 10.8 Å². The number of hydrogen-bond donors (Lipinski definition) is 2. The summed E-state index contributed by atoms with van der Waals surface area (Å²) >= 11 is 0. The van der Waals surface area contributed by atoms with Gasteiger partial charge in [-0.1, -0.05) is 42.5 Å². The highest BCUT2D eigenvalue weighted by Crippen LogP contribution is 2.19. The van der Waals surface area contributed by atoms with Gasteiger partial charge in [0, 0.05) is 12.6 Å². The summed E-state index contributed by atoms with van der Waals surface area (Å²) in [4.78, 5) is 0. The maximum absolute atomic E-state index is 8.85. The third-order valence-corrected chi connectivity index (χ3v) is 2.86. The van der Waals surface area contributed by atoms with Crippen molar-refractivity contribution in [3.63, 3.8) is 0 Å². The molecule has 2 aromatic carbocycles. The lowest BCUT2D eigenvalue weighted by Crippen LogP contribution is -2.24. The lowest BCUT2D eigenvalue weighted by molar-refractivity contribution is 0.275. The van der Waals surface area contributed by atoms with Crippen LogP contribution < -0.4 is 5.73 Å². The van der Waals surface area contributed by atoms with E-state index in [1.807, 2.05) is 12.1 Å². The second-order valence-corrected chi connectivity index (χ2v) is 4.11. The number of rotatable bonds is 4. The molecule has 84 valence electrons. The second kappa shape index (κ2) is 5.10. The van der Waals surface area contributed by atoms with Gasteiger partial charge in [0.05, 0.1) is 0 Å². The zero-order valence-corrected chi connectivity index (χ0v) is 9.26. The molecule has 0 fully saturated rings. The van der Waals surface area contributed by atoms with Crippen LogP contribution in [0.5, 0.6) is 0 Å². The predicted molar refractivity (Wildman–Crippen MR) is 67.3 cm³/mol. The van der Waals surface area contributed by atoms with E-state index in [2.05, 4.69) is 30.3 Å². The van der Waals surface area contributed by atoms with E-state index in [9.17, 15) is 0 Å². The molecule has 0 saturated heterocycles. The van der Waals surface area contributed by atoms with Crippen molar-refractivity contribution in [3.8, 4) is 0 Å². The summed E-state index contributed by atoms with van der Waals surface area (Å²) < 4.78 is 0. The average Bonchev–Trinajstić information content (AvgIpc) is 2.30. The van der Waals surface area contributed by atoms with Crippen LogP contribution in [0.1, 0.15) is 12.0 Å². The standard InChI is InChI=1S/C14H17NO/c15-13(8-9-16)10-12-6-3-5-11-4-1-2-7-14(11)12/h1-7,13,16H,8-10,15H2/t13-/m0/s1. The summed E-state index contributed by atoms with van der Waals surface area (Å²) in [6.07, 6.45) is 1.48. The Morgan fingerprint density at radius 3 is 2.62 bits per heavy atom. The molecule has 0 saturated carbocycles. The molecular weight excluding hydrogens is 198 g/mol. The summed E-state index contributed by atoms with van der Waals surface area (Å²) in [7, 11) is 0. The number of fused-ring (bicyclic) bond motifs is 1. The van der Waals surface area contributed by atoms with E-state index < -0.39 is 0 Å². The first-order valence-electron chi connectivity index (χ1n) is 5.64. The van der Waals surface area contributed by atoms with Crippen LogP contribution in [0.3, 0.4) is 0 Å². The van der Waals surface area contributed by atoms with Gasteiger partial charge in [0.1, 0.15) is 0 Å². The van der Waals surface area contributed by atoms with Gasteiger partial charge in [0.2, 0.25) is 0 Å². The largest absolute Gasteiger partial charge is 0.396 e. The Labute approximate surface area is 95.7 Å². The number of aliphatic hydroxyl groups excluding tert-OH is 1. The Bertz CT molecular complexity index is 462. The van der Waals surface area contributed by atoms with Gasteiger partial charge < -0.3 is 10.8 Å². The van der Waals surface area contributed by atoms with Crippen LogP contribution in [-0.4, -0.2) is 17.8 Å².